The third-order valence-corrected chi connectivity index (χ3v) is 5.56. The molecule has 0 spiro atoms. The number of amides is 3. The molecule has 1 aromatic heterocycles. The van der Waals surface area contributed by atoms with Crippen LogP contribution in [-0.2, 0) is 17.9 Å². The number of piperidine rings is 1. The third-order valence-electron chi connectivity index (χ3n) is 5.56. The summed E-state index contributed by atoms with van der Waals surface area (Å²) in [4.78, 5) is 31.7. The molecule has 3 rings (SSSR count). The van der Waals surface area contributed by atoms with Crippen LogP contribution in [0.4, 0.5) is 4.79 Å². The van der Waals surface area contributed by atoms with Crippen molar-refractivity contribution in [3.05, 3.63) is 18.2 Å². The number of hydrogen-bond donors (Lipinski definition) is 2. The van der Waals surface area contributed by atoms with Crippen molar-refractivity contribution in [3.8, 4) is 0 Å². The first-order valence-corrected chi connectivity index (χ1v) is 9.81. The molecule has 3 heterocycles. The average Bonchev–Trinajstić information content (AvgIpc) is 3.14. The summed E-state index contributed by atoms with van der Waals surface area (Å²) in [5.74, 6) is 0.610. The van der Waals surface area contributed by atoms with E-state index in [1.165, 1.54) is 4.90 Å². The van der Waals surface area contributed by atoms with E-state index in [4.69, 9.17) is 0 Å². The van der Waals surface area contributed by atoms with Crippen molar-refractivity contribution in [1.29, 1.82) is 0 Å². The Morgan fingerprint density at radius 1 is 1.25 bits per heavy atom. The molecular formula is C19H33Cl2N5O2. The summed E-state index contributed by atoms with van der Waals surface area (Å²) in [5, 5.41) is 6.44. The second kappa shape index (κ2) is 10.5. The van der Waals surface area contributed by atoms with Gasteiger partial charge in [-0.05, 0) is 44.2 Å². The number of nitrogens with zero attached hydrogens (tertiary/aromatic N) is 3. The van der Waals surface area contributed by atoms with Crippen molar-refractivity contribution in [2.24, 2.45) is 11.8 Å². The van der Waals surface area contributed by atoms with Crippen molar-refractivity contribution in [2.45, 2.75) is 65.1 Å². The standard InChI is InChI=1S/C19H31N5O2.2ClH/c1-4-7-19(15-5-8-20-9-6-15)17(25)24(18(26)22-19)12-16-10-21-13-23(16)11-14(2)3;;/h10,13-15,20H,4-9,11-12H2,1-3H3,(H,22,26);2*1H. The van der Waals surface area contributed by atoms with Crippen LogP contribution < -0.4 is 10.6 Å². The molecule has 28 heavy (non-hydrogen) atoms. The van der Waals surface area contributed by atoms with Gasteiger partial charge in [-0.1, -0.05) is 27.2 Å². The Labute approximate surface area is 179 Å². The van der Waals surface area contributed by atoms with Gasteiger partial charge in [0, 0.05) is 12.7 Å². The van der Waals surface area contributed by atoms with Gasteiger partial charge in [0.05, 0.1) is 18.6 Å². The van der Waals surface area contributed by atoms with Crippen LogP contribution in [0.15, 0.2) is 12.5 Å². The van der Waals surface area contributed by atoms with Crippen LogP contribution >= 0.6 is 24.8 Å². The van der Waals surface area contributed by atoms with Gasteiger partial charge in [-0.3, -0.25) is 9.69 Å². The predicted molar refractivity (Wildman–Crippen MR) is 114 cm³/mol. The van der Waals surface area contributed by atoms with Crippen LogP contribution in [0.25, 0.3) is 0 Å². The molecule has 0 aromatic carbocycles. The summed E-state index contributed by atoms with van der Waals surface area (Å²) < 4.78 is 2.04. The fraction of sp³-hybridized carbons (Fsp3) is 0.737. The van der Waals surface area contributed by atoms with Crippen molar-refractivity contribution in [2.75, 3.05) is 13.1 Å². The monoisotopic (exact) mass is 433 g/mol. The summed E-state index contributed by atoms with van der Waals surface area (Å²) in [6, 6.07) is -0.265. The molecule has 9 heteroatoms. The summed E-state index contributed by atoms with van der Waals surface area (Å²) >= 11 is 0. The number of halogens is 2. The fourth-order valence-corrected chi connectivity index (χ4v) is 4.35. The number of rotatable bonds is 7. The predicted octanol–water partition coefficient (Wildman–Crippen LogP) is 2.97. The van der Waals surface area contributed by atoms with E-state index in [1.807, 2.05) is 4.57 Å². The van der Waals surface area contributed by atoms with Gasteiger partial charge in [-0.15, -0.1) is 24.8 Å². The molecule has 1 unspecified atom stereocenters. The maximum absolute atomic E-state index is 13.4. The van der Waals surface area contributed by atoms with Crippen LogP contribution in [0.1, 0.15) is 52.1 Å². The molecule has 1 atom stereocenters. The van der Waals surface area contributed by atoms with E-state index in [0.717, 1.165) is 44.6 Å². The number of carbonyl (C=O) groups is 2. The van der Waals surface area contributed by atoms with E-state index in [9.17, 15) is 9.59 Å². The van der Waals surface area contributed by atoms with Gasteiger partial charge in [-0.25, -0.2) is 9.78 Å². The summed E-state index contributed by atoms with van der Waals surface area (Å²) in [6.07, 6.45) is 6.95. The first-order valence-electron chi connectivity index (χ1n) is 9.81. The van der Waals surface area contributed by atoms with E-state index in [2.05, 4.69) is 36.4 Å². The van der Waals surface area contributed by atoms with Crippen LogP contribution in [0.2, 0.25) is 0 Å². The highest BCUT2D eigenvalue weighted by atomic mass is 35.5. The van der Waals surface area contributed by atoms with E-state index in [-0.39, 0.29) is 49.2 Å². The smallest absolute Gasteiger partial charge is 0.325 e. The zero-order valence-electron chi connectivity index (χ0n) is 16.9. The molecule has 0 aliphatic carbocycles. The number of nitrogens with one attached hydrogen (secondary N) is 2. The molecule has 2 aliphatic heterocycles. The molecule has 2 N–H and O–H groups in total. The number of hydrogen-bond acceptors (Lipinski definition) is 4. The molecule has 0 saturated carbocycles. The quantitative estimate of drug-likeness (QED) is 0.647. The van der Waals surface area contributed by atoms with Crippen LogP contribution in [0, 0.1) is 11.8 Å². The highest BCUT2D eigenvalue weighted by molar-refractivity contribution is 6.07. The van der Waals surface area contributed by atoms with Crippen molar-refractivity contribution in [3.63, 3.8) is 0 Å². The zero-order valence-corrected chi connectivity index (χ0v) is 18.6. The third kappa shape index (κ3) is 4.81. The first kappa shape index (κ1) is 24.7. The second-order valence-electron chi connectivity index (χ2n) is 8.00. The number of aromatic nitrogens is 2. The number of imide groups is 1. The molecule has 2 saturated heterocycles. The Balaban J connectivity index is 0.00000196. The van der Waals surface area contributed by atoms with Gasteiger partial charge < -0.3 is 15.2 Å². The van der Waals surface area contributed by atoms with Crippen molar-refractivity contribution < 1.29 is 9.59 Å². The lowest BCUT2D eigenvalue weighted by molar-refractivity contribution is -0.134. The highest BCUT2D eigenvalue weighted by Crippen LogP contribution is 2.36. The Morgan fingerprint density at radius 3 is 2.54 bits per heavy atom. The maximum atomic E-state index is 13.4. The molecule has 7 nitrogen and oxygen atoms in total. The minimum Gasteiger partial charge on any atom is -0.333 e. The summed E-state index contributed by atoms with van der Waals surface area (Å²) in [6.45, 7) is 9.27. The van der Waals surface area contributed by atoms with Gasteiger partial charge in [0.2, 0.25) is 0 Å². The second-order valence-corrected chi connectivity index (χ2v) is 8.00. The Bertz CT molecular complexity index is 661. The van der Waals surface area contributed by atoms with Gasteiger partial charge in [0.25, 0.3) is 5.91 Å². The average molecular weight is 434 g/mol. The fourth-order valence-electron chi connectivity index (χ4n) is 4.35. The molecule has 2 fully saturated rings. The highest BCUT2D eigenvalue weighted by Gasteiger charge is 2.54. The maximum Gasteiger partial charge on any atom is 0.325 e. The molecule has 1 aromatic rings. The van der Waals surface area contributed by atoms with E-state index < -0.39 is 5.54 Å². The van der Waals surface area contributed by atoms with E-state index in [1.54, 1.807) is 12.5 Å². The van der Waals surface area contributed by atoms with Crippen LogP contribution in [0.5, 0.6) is 0 Å². The van der Waals surface area contributed by atoms with E-state index in [0.29, 0.717) is 12.3 Å². The Morgan fingerprint density at radius 2 is 1.93 bits per heavy atom. The number of carbonyl (C=O) groups excluding carboxylic acids is 2. The lowest BCUT2D eigenvalue weighted by Gasteiger charge is -2.37. The molecular weight excluding hydrogens is 401 g/mol. The topological polar surface area (TPSA) is 79.3 Å². The van der Waals surface area contributed by atoms with E-state index >= 15 is 0 Å². The van der Waals surface area contributed by atoms with Gasteiger partial charge >= 0.3 is 6.03 Å². The molecule has 0 radical (unpaired) electrons. The zero-order chi connectivity index (χ0) is 18.7. The minimum atomic E-state index is -0.739. The molecule has 2 aliphatic rings. The normalized spacial score (nSPS) is 22.8. The lowest BCUT2D eigenvalue weighted by Crippen LogP contribution is -2.55. The summed E-state index contributed by atoms with van der Waals surface area (Å²) in [7, 11) is 0. The van der Waals surface area contributed by atoms with Crippen molar-refractivity contribution >= 4 is 36.8 Å². The Hall–Kier alpha value is -1.31. The summed E-state index contributed by atoms with van der Waals surface area (Å²) in [5.41, 5.74) is 0.163. The van der Waals surface area contributed by atoms with Crippen LogP contribution in [-0.4, -0.2) is 45.0 Å². The number of imidazole rings is 1. The molecule has 0 bridgehead atoms. The van der Waals surface area contributed by atoms with Gasteiger partial charge in [-0.2, -0.15) is 0 Å². The minimum absolute atomic E-state index is 0. The van der Waals surface area contributed by atoms with Crippen molar-refractivity contribution in [1.82, 2.24) is 25.1 Å². The first-order chi connectivity index (χ1) is 12.5. The lowest BCUT2D eigenvalue weighted by atomic mass is 9.75. The van der Waals surface area contributed by atoms with Crippen LogP contribution in [0.3, 0.4) is 0 Å². The molecule has 160 valence electrons. The van der Waals surface area contributed by atoms with Gasteiger partial charge in [0.1, 0.15) is 5.54 Å². The SMILES string of the molecule is CCCC1(C2CCNCC2)NC(=O)N(Cc2cncn2CC(C)C)C1=O.Cl.Cl. The largest absolute Gasteiger partial charge is 0.333 e. The number of urea groups is 1. The Kier molecular flexibility index (Phi) is 9.24. The molecule has 3 amide bonds. The van der Waals surface area contributed by atoms with Gasteiger partial charge in [0.15, 0.2) is 0 Å².